The maximum absolute atomic E-state index is 11.8. The molecule has 9 nitrogen and oxygen atoms in total. The van der Waals surface area contributed by atoms with Crippen LogP contribution < -0.4 is 9.47 Å². The van der Waals surface area contributed by atoms with Crippen molar-refractivity contribution >= 4 is 17.9 Å². The number of carbonyl (C=O) groups excluding carboxylic acids is 3. The van der Waals surface area contributed by atoms with Gasteiger partial charge in [0.1, 0.15) is 17.6 Å². The molecule has 1 heterocycles. The normalized spacial score (nSPS) is 26.2. The molecule has 0 bridgehead atoms. The minimum Gasteiger partial charge on any atom is -0.497 e. The molecule has 0 amide bonds. The van der Waals surface area contributed by atoms with E-state index < -0.39 is 48.4 Å². The molecule has 0 N–H and O–H groups in total. The van der Waals surface area contributed by atoms with E-state index in [1.165, 1.54) is 35.0 Å². The van der Waals surface area contributed by atoms with Crippen LogP contribution in [-0.2, 0) is 33.3 Å². The average molecular weight is 410 g/mol. The number of methoxy groups -OCH3 is 2. The van der Waals surface area contributed by atoms with E-state index in [1.54, 1.807) is 25.1 Å². The third-order valence-electron chi connectivity index (χ3n) is 4.42. The first-order valence-electron chi connectivity index (χ1n) is 9.07. The van der Waals surface area contributed by atoms with Crippen molar-refractivity contribution in [1.29, 1.82) is 0 Å². The highest BCUT2D eigenvalue weighted by molar-refractivity contribution is 5.68. The fourth-order valence-corrected chi connectivity index (χ4v) is 3.33. The molecular weight excluding hydrogens is 384 g/mol. The first kappa shape index (κ1) is 22.5. The molecule has 0 saturated carbocycles. The molecular formula is C20H26O9. The summed E-state index contributed by atoms with van der Waals surface area (Å²) in [5.74, 6) is -0.812. The van der Waals surface area contributed by atoms with Crippen LogP contribution in [0.3, 0.4) is 0 Å². The number of benzene rings is 1. The molecule has 2 rings (SSSR count). The lowest BCUT2D eigenvalue weighted by atomic mass is 9.90. The van der Waals surface area contributed by atoms with Crippen molar-refractivity contribution in [3.8, 4) is 11.5 Å². The lowest BCUT2D eigenvalue weighted by Crippen LogP contribution is -2.57. The summed E-state index contributed by atoms with van der Waals surface area (Å²) in [7, 11) is 3.00. The highest BCUT2D eigenvalue weighted by Crippen LogP contribution is 2.41. The van der Waals surface area contributed by atoms with Gasteiger partial charge in [-0.05, 0) is 25.1 Å². The second-order valence-corrected chi connectivity index (χ2v) is 6.59. The minimum atomic E-state index is -1.09. The highest BCUT2D eigenvalue weighted by atomic mass is 16.6. The van der Waals surface area contributed by atoms with E-state index in [1.807, 2.05) is 0 Å². The zero-order chi connectivity index (χ0) is 21.7. The molecule has 29 heavy (non-hydrogen) atoms. The summed E-state index contributed by atoms with van der Waals surface area (Å²) >= 11 is 0. The molecule has 1 aliphatic heterocycles. The van der Waals surface area contributed by atoms with Gasteiger partial charge in [-0.2, -0.15) is 0 Å². The maximum Gasteiger partial charge on any atom is 0.303 e. The molecule has 1 aromatic carbocycles. The average Bonchev–Trinajstić information content (AvgIpc) is 2.65. The van der Waals surface area contributed by atoms with E-state index in [9.17, 15) is 14.4 Å². The van der Waals surface area contributed by atoms with Gasteiger partial charge < -0.3 is 28.4 Å². The predicted molar refractivity (Wildman–Crippen MR) is 99.5 cm³/mol. The van der Waals surface area contributed by atoms with Crippen LogP contribution >= 0.6 is 0 Å². The fourth-order valence-electron chi connectivity index (χ4n) is 3.33. The molecule has 1 fully saturated rings. The van der Waals surface area contributed by atoms with Gasteiger partial charge in [0.25, 0.3) is 0 Å². The van der Waals surface area contributed by atoms with E-state index in [0.29, 0.717) is 17.1 Å². The van der Waals surface area contributed by atoms with Crippen molar-refractivity contribution in [2.75, 3.05) is 14.2 Å². The van der Waals surface area contributed by atoms with Gasteiger partial charge in [0.15, 0.2) is 18.3 Å². The third-order valence-corrected chi connectivity index (χ3v) is 4.42. The topological polar surface area (TPSA) is 107 Å². The summed E-state index contributed by atoms with van der Waals surface area (Å²) in [4.78, 5) is 35.2. The number of ether oxygens (including phenoxy) is 6. The van der Waals surface area contributed by atoms with E-state index >= 15 is 0 Å². The van der Waals surface area contributed by atoms with Gasteiger partial charge in [-0.1, -0.05) is 0 Å². The van der Waals surface area contributed by atoms with Crippen LogP contribution in [0.15, 0.2) is 18.2 Å². The van der Waals surface area contributed by atoms with E-state index in [0.717, 1.165) is 0 Å². The standard InChI is InChI=1S/C20H26O9/c1-10-17(27-11(2)21)19(28-12(3)22)20(29-13(4)23)18(26-10)15-9-14(24-5)7-8-16(15)25-6/h7-10,17-20H,1-6H3/t10-,17+,18+,19+,20+/m0/s1. The Labute approximate surface area is 169 Å². The van der Waals surface area contributed by atoms with E-state index in [2.05, 4.69) is 0 Å². The molecule has 0 aromatic heterocycles. The molecule has 0 radical (unpaired) electrons. The molecule has 0 aliphatic carbocycles. The van der Waals surface area contributed by atoms with Crippen molar-refractivity contribution < 1.29 is 42.8 Å². The Morgan fingerprint density at radius 1 is 0.828 bits per heavy atom. The Hall–Kier alpha value is -2.81. The van der Waals surface area contributed by atoms with Gasteiger partial charge in [0.05, 0.1) is 20.3 Å². The smallest absolute Gasteiger partial charge is 0.303 e. The van der Waals surface area contributed by atoms with Crippen LogP contribution in [0.2, 0.25) is 0 Å². The van der Waals surface area contributed by atoms with E-state index in [-0.39, 0.29) is 0 Å². The zero-order valence-corrected chi connectivity index (χ0v) is 17.3. The lowest BCUT2D eigenvalue weighted by Gasteiger charge is -2.44. The zero-order valence-electron chi connectivity index (χ0n) is 17.3. The van der Waals surface area contributed by atoms with Gasteiger partial charge in [-0.25, -0.2) is 0 Å². The second kappa shape index (κ2) is 9.60. The van der Waals surface area contributed by atoms with Gasteiger partial charge in [-0.15, -0.1) is 0 Å². The first-order chi connectivity index (χ1) is 13.7. The van der Waals surface area contributed by atoms with Crippen molar-refractivity contribution in [1.82, 2.24) is 0 Å². The second-order valence-electron chi connectivity index (χ2n) is 6.59. The van der Waals surface area contributed by atoms with Crippen molar-refractivity contribution in [2.24, 2.45) is 0 Å². The highest BCUT2D eigenvalue weighted by Gasteiger charge is 2.51. The fraction of sp³-hybridized carbons (Fsp3) is 0.550. The number of hydrogen-bond acceptors (Lipinski definition) is 9. The number of esters is 3. The van der Waals surface area contributed by atoms with Gasteiger partial charge in [0.2, 0.25) is 0 Å². The molecule has 160 valence electrons. The molecule has 0 unspecified atom stereocenters. The summed E-state index contributed by atoms with van der Waals surface area (Å²) in [6, 6.07) is 5.08. The quantitative estimate of drug-likeness (QED) is 0.514. The number of carbonyl (C=O) groups is 3. The van der Waals surface area contributed by atoms with Crippen LogP contribution in [0.5, 0.6) is 11.5 Å². The van der Waals surface area contributed by atoms with Crippen molar-refractivity contribution in [2.45, 2.75) is 58.2 Å². The van der Waals surface area contributed by atoms with Crippen molar-refractivity contribution in [3.05, 3.63) is 23.8 Å². The Kier molecular flexibility index (Phi) is 7.44. The molecule has 9 heteroatoms. The van der Waals surface area contributed by atoms with Crippen LogP contribution in [0.25, 0.3) is 0 Å². The summed E-state index contributed by atoms with van der Waals surface area (Å²) < 4.78 is 33.0. The molecule has 0 spiro atoms. The predicted octanol–water partition coefficient (Wildman–Crippen LogP) is 1.96. The van der Waals surface area contributed by atoms with Gasteiger partial charge in [-0.3, -0.25) is 14.4 Å². The summed E-state index contributed by atoms with van der Waals surface area (Å²) in [5, 5.41) is 0. The number of rotatable bonds is 6. The Balaban J connectivity index is 2.57. The van der Waals surface area contributed by atoms with Crippen LogP contribution in [0.4, 0.5) is 0 Å². The van der Waals surface area contributed by atoms with Crippen LogP contribution in [-0.4, -0.2) is 56.5 Å². The SMILES string of the molecule is COc1ccc(OC)c([C@H]2O[C@@H](C)[C@@H](OC(C)=O)[C@@H](OC(C)=O)[C@@H]2OC(C)=O)c1. The largest absolute Gasteiger partial charge is 0.497 e. The molecule has 1 saturated heterocycles. The molecule has 1 aromatic rings. The summed E-state index contributed by atoms with van der Waals surface area (Å²) in [5.41, 5.74) is 0.531. The van der Waals surface area contributed by atoms with Crippen LogP contribution in [0, 0.1) is 0 Å². The summed E-state index contributed by atoms with van der Waals surface area (Å²) in [6.07, 6.45) is -4.66. The Morgan fingerprint density at radius 2 is 1.38 bits per heavy atom. The molecule has 1 aliphatic rings. The monoisotopic (exact) mass is 410 g/mol. The number of hydrogen-bond donors (Lipinski definition) is 0. The van der Waals surface area contributed by atoms with E-state index in [4.69, 9.17) is 28.4 Å². The van der Waals surface area contributed by atoms with Crippen LogP contribution in [0.1, 0.15) is 39.4 Å². The van der Waals surface area contributed by atoms with Crippen molar-refractivity contribution in [3.63, 3.8) is 0 Å². The first-order valence-corrected chi connectivity index (χ1v) is 9.07. The third kappa shape index (κ3) is 5.38. The van der Waals surface area contributed by atoms with Gasteiger partial charge in [0, 0.05) is 26.3 Å². The molecule has 5 atom stereocenters. The Bertz CT molecular complexity index is 760. The van der Waals surface area contributed by atoms with Gasteiger partial charge >= 0.3 is 17.9 Å². The minimum absolute atomic E-state index is 0.465. The summed E-state index contributed by atoms with van der Waals surface area (Å²) in [6.45, 7) is 5.35. The maximum atomic E-state index is 11.8. The lowest BCUT2D eigenvalue weighted by molar-refractivity contribution is -0.245. The Morgan fingerprint density at radius 3 is 1.90 bits per heavy atom.